The number of hydrogen-bond acceptors (Lipinski definition) is 5. The Bertz CT molecular complexity index is 410. The van der Waals surface area contributed by atoms with Crippen molar-refractivity contribution in [3.63, 3.8) is 0 Å². The van der Waals surface area contributed by atoms with E-state index in [1.54, 1.807) is 36.9 Å². The summed E-state index contributed by atoms with van der Waals surface area (Å²) < 4.78 is 4.97. The molecule has 92 valence electrons. The van der Waals surface area contributed by atoms with Crippen molar-refractivity contribution in [2.75, 3.05) is 12.4 Å². The zero-order valence-corrected chi connectivity index (χ0v) is 10.4. The van der Waals surface area contributed by atoms with E-state index < -0.39 is 0 Å². The third-order valence-corrected chi connectivity index (χ3v) is 3.79. The number of carbonyl (C=O) groups excluding carboxylic acids is 1. The molecule has 0 unspecified atom stereocenters. The molecule has 0 radical (unpaired) electrons. The van der Waals surface area contributed by atoms with Crippen LogP contribution in [0.15, 0.2) is 24.3 Å². The maximum Gasteiger partial charge on any atom is 0.324 e. The molecule has 1 fully saturated rings. The van der Waals surface area contributed by atoms with E-state index in [1.165, 1.54) is 0 Å². The van der Waals surface area contributed by atoms with Crippen LogP contribution in [0.1, 0.15) is 17.9 Å². The standard InChI is InChI=1S/C12H15NO3S/c1-2-16-12(15)10-7-17-11(13-10)8-4-3-5-9(14)6-8/h3-6,10-11,13-14H,2,7H2,1H3/t10-,11+/m0/s1. The first-order valence-electron chi connectivity index (χ1n) is 5.54. The number of phenols is 1. The zero-order valence-electron chi connectivity index (χ0n) is 9.55. The van der Waals surface area contributed by atoms with Crippen LogP contribution in [0.5, 0.6) is 5.75 Å². The molecule has 0 amide bonds. The molecule has 0 bridgehead atoms. The number of benzene rings is 1. The van der Waals surface area contributed by atoms with Gasteiger partial charge in [0, 0.05) is 5.75 Å². The first kappa shape index (κ1) is 12.3. The van der Waals surface area contributed by atoms with Gasteiger partial charge in [-0.3, -0.25) is 10.1 Å². The summed E-state index contributed by atoms with van der Waals surface area (Å²) in [6, 6.07) is 6.81. The van der Waals surface area contributed by atoms with Crippen molar-refractivity contribution in [1.82, 2.24) is 5.32 Å². The molecule has 5 heteroatoms. The van der Waals surface area contributed by atoms with Gasteiger partial charge in [-0.05, 0) is 24.6 Å². The Morgan fingerprint density at radius 1 is 1.65 bits per heavy atom. The molecular formula is C12H15NO3S. The zero-order chi connectivity index (χ0) is 12.3. The summed E-state index contributed by atoms with van der Waals surface area (Å²) in [4.78, 5) is 11.5. The normalized spacial score (nSPS) is 23.6. The average molecular weight is 253 g/mol. The van der Waals surface area contributed by atoms with Crippen molar-refractivity contribution >= 4 is 17.7 Å². The molecule has 1 aliphatic rings. The summed E-state index contributed by atoms with van der Waals surface area (Å²) in [5.41, 5.74) is 0.974. The molecule has 1 heterocycles. The maximum atomic E-state index is 11.5. The van der Waals surface area contributed by atoms with E-state index >= 15 is 0 Å². The molecule has 2 atom stereocenters. The Labute approximate surface area is 104 Å². The van der Waals surface area contributed by atoms with Gasteiger partial charge in [0.15, 0.2) is 0 Å². The van der Waals surface area contributed by atoms with Crippen molar-refractivity contribution in [3.8, 4) is 5.75 Å². The van der Waals surface area contributed by atoms with Gasteiger partial charge in [0.1, 0.15) is 11.8 Å². The molecule has 0 spiro atoms. The molecule has 1 aromatic rings. The third kappa shape index (κ3) is 2.92. The van der Waals surface area contributed by atoms with Crippen molar-refractivity contribution in [2.24, 2.45) is 0 Å². The molecule has 17 heavy (non-hydrogen) atoms. The molecule has 0 saturated carbocycles. The van der Waals surface area contributed by atoms with Crippen molar-refractivity contribution in [2.45, 2.75) is 18.3 Å². The van der Waals surface area contributed by atoms with Crippen LogP contribution in [0.2, 0.25) is 0 Å². The van der Waals surface area contributed by atoms with Crippen LogP contribution in [0.4, 0.5) is 0 Å². The van der Waals surface area contributed by atoms with Crippen LogP contribution >= 0.6 is 11.8 Å². The molecule has 2 N–H and O–H groups in total. The highest BCUT2D eigenvalue weighted by atomic mass is 32.2. The number of nitrogens with one attached hydrogen (secondary N) is 1. The first-order valence-corrected chi connectivity index (χ1v) is 6.59. The van der Waals surface area contributed by atoms with Crippen LogP contribution in [0, 0.1) is 0 Å². The van der Waals surface area contributed by atoms with Gasteiger partial charge in [0.2, 0.25) is 0 Å². The van der Waals surface area contributed by atoms with Gasteiger partial charge in [-0.2, -0.15) is 0 Å². The molecule has 1 saturated heterocycles. The molecule has 1 aromatic carbocycles. The van der Waals surface area contributed by atoms with Gasteiger partial charge < -0.3 is 9.84 Å². The maximum absolute atomic E-state index is 11.5. The summed E-state index contributed by atoms with van der Waals surface area (Å²) in [5.74, 6) is 0.728. The average Bonchev–Trinajstić information content (AvgIpc) is 2.78. The summed E-state index contributed by atoms with van der Waals surface area (Å²) in [7, 11) is 0. The number of thioether (sulfide) groups is 1. The van der Waals surface area contributed by atoms with E-state index in [4.69, 9.17) is 4.74 Å². The third-order valence-electron chi connectivity index (χ3n) is 2.53. The second-order valence-electron chi connectivity index (χ2n) is 3.78. The van der Waals surface area contributed by atoms with E-state index in [0.29, 0.717) is 12.4 Å². The summed E-state index contributed by atoms with van der Waals surface area (Å²) in [6.07, 6.45) is 0. The van der Waals surface area contributed by atoms with Crippen LogP contribution in [0.3, 0.4) is 0 Å². The Morgan fingerprint density at radius 3 is 3.18 bits per heavy atom. The van der Waals surface area contributed by atoms with E-state index in [2.05, 4.69) is 5.32 Å². The molecule has 0 aromatic heterocycles. The molecule has 1 aliphatic heterocycles. The van der Waals surface area contributed by atoms with E-state index in [9.17, 15) is 9.90 Å². The fourth-order valence-corrected chi connectivity index (χ4v) is 2.95. The second kappa shape index (κ2) is 5.42. The SMILES string of the molecule is CCOC(=O)[C@@H]1CS[C@H](c2cccc(O)c2)N1. The van der Waals surface area contributed by atoms with Gasteiger partial charge >= 0.3 is 5.97 Å². The smallest absolute Gasteiger partial charge is 0.324 e. The minimum absolute atomic E-state index is 0.0384. The summed E-state index contributed by atoms with van der Waals surface area (Å²) in [5, 5.41) is 12.6. The van der Waals surface area contributed by atoms with Gasteiger partial charge in [-0.1, -0.05) is 12.1 Å². The highest BCUT2D eigenvalue weighted by Gasteiger charge is 2.31. The van der Waals surface area contributed by atoms with Crippen molar-refractivity contribution in [1.29, 1.82) is 0 Å². The van der Waals surface area contributed by atoms with E-state index in [1.807, 2.05) is 6.07 Å². The number of carbonyl (C=O) groups is 1. The Balaban J connectivity index is 2.00. The Morgan fingerprint density at radius 2 is 2.47 bits per heavy atom. The number of hydrogen-bond donors (Lipinski definition) is 2. The lowest BCUT2D eigenvalue weighted by atomic mass is 10.2. The summed E-state index contributed by atoms with van der Waals surface area (Å²) >= 11 is 1.64. The fraction of sp³-hybridized carbons (Fsp3) is 0.417. The largest absolute Gasteiger partial charge is 0.508 e. The highest BCUT2D eigenvalue weighted by molar-refractivity contribution is 7.99. The lowest BCUT2D eigenvalue weighted by Crippen LogP contribution is -2.35. The Kier molecular flexibility index (Phi) is 3.91. The molecule has 2 rings (SSSR count). The number of aromatic hydroxyl groups is 1. The first-order chi connectivity index (χ1) is 8.20. The number of rotatable bonds is 3. The van der Waals surface area contributed by atoms with Crippen LogP contribution in [-0.2, 0) is 9.53 Å². The highest BCUT2D eigenvalue weighted by Crippen LogP contribution is 2.34. The van der Waals surface area contributed by atoms with Gasteiger partial charge in [-0.25, -0.2) is 0 Å². The molecular weight excluding hydrogens is 238 g/mol. The quantitative estimate of drug-likeness (QED) is 0.802. The number of phenolic OH excluding ortho intramolecular Hbond substituents is 1. The van der Waals surface area contributed by atoms with E-state index in [0.717, 1.165) is 5.56 Å². The van der Waals surface area contributed by atoms with Gasteiger partial charge in [0.25, 0.3) is 0 Å². The monoisotopic (exact) mass is 253 g/mol. The van der Waals surface area contributed by atoms with Crippen molar-refractivity contribution in [3.05, 3.63) is 29.8 Å². The topological polar surface area (TPSA) is 58.6 Å². The second-order valence-corrected chi connectivity index (χ2v) is 4.92. The van der Waals surface area contributed by atoms with E-state index in [-0.39, 0.29) is 23.1 Å². The minimum Gasteiger partial charge on any atom is -0.508 e. The molecule has 0 aliphatic carbocycles. The van der Waals surface area contributed by atoms with Gasteiger partial charge in [0.05, 0.1) is 12.0 Å². The van der Waals surface area contributed by atoms with Crippen LogP contribution in [-0.4, -0.2) is 29.5 Å². The number of ether oxygens (including phenoxy) is 1. The number of esters is 1. The lowest BCUT2D eigenvalue weighted by molar-refractivity contribution is -0.144. The van der Waals surface area contributed by atoms with Crippen LogP contribution in [0.25, 0.3) is 0 Å². The summed E-state index contributed by atoms with van der Waals surface area (Å²) in [6.45, 7) is 2.20. The predicted octanol–water partition coefficient (Wildman–Crippen LogP) is 1.66. The predicted molar refractivity (Wildman–Crippen MR) is 66.9 cm³/mol. The van der Waals surface area contributed by atoms with Gasteiger partial charge in [-0.15, -0.1) is 11.8 Å². The lowest BCUT2D eigenvalue weighted by Gasteiger charge is -2.12. The van der Waals surface area contributed by atoms with Crippen LogP contribution < -0.4 is 5.32 Å². The van der Waals surface area contributed by atoms with Crippen molar-refractivity contribution < 1.29 is 14.6 Å². The fourth-order valence-electron chi connectivity index (χ4n) is 1.73. The minimum atomic E-state index is -0.257. The Hall–Kier alpha value is -1.20. The molecule has 4 nitrogen and oxygen atoms in total.